The Balaban J connectivity index is 2.88. The fraction of sp³-hybridized carbons (Fsp3) is 0.400. The van der Waals surface area contributed by atoms with E-state index in [2.05, 4.69) is 15.4 Å². The fourth-order valence-corrected chi connectivity index (χ4v) is 1.88. The average Bonchev–Trinajstić information content (AvgIpc) is 2.47. The number of hydrogen-bond donors (Lipinski definition) is 3. The van der Waals surface area contributed by atoms with Crippen LogP contribution < -0.4 is 10.6 Å². The Morgan fingerprint density at radius 3 is 2.42 bits per heavy atom. The summed E-state index contributed by atoms with van der Waals surface area (Å²) in [6, 6.07) is 0.952. The molecule has 1 aromatic rings. The maximum atomic E-state index is 14.2. The van der Waals surface area contributed by atoms with Crippen molar-refractivity contribution in [1.29, 1.82) is 0 Å². The lowest BCUT2D eigenvalue weighted by atomic mass is 9.99. The van der Waals surface area contributed by atoms with Crippen LogP contribution in [0, 0.1) is 11.6 Å². The van der Waals surface area contributed by atoms with Crippen LogP contribution in [0.1, 0.15) is 37.0 Å². The van der Waals surface area contributed by atoms with Crippen molar-refractivity contribution in [3.8, 4) is 0 Å². The summed E-state index contributed by atoms with van der Waals surface area (Å²) in [6.45, 7) is 3.19. The van der Waals surface area contributed by atoms with E-state index in [0.717, 1.165) is 19.2 Å². The lowest BCUT2D eigenvalue weighted by Gasteiger charge is -2.25. The zero-order chi connectivity index (χ0) is 18.5. The van der Waals surface area contributed by atoms with Crippen molar-refractivity contribution < 1.29 is 33.0 Å². The Morgan fingerprint density at radius 2 is 1.88 bits per heavy atom. The Kier molecular flexibility index (Phi) is 6.21. The van der Waals surface area contributed by atoms with Crippen molar-refractivity contribution in [2.75, 3.05) is 12.4 Å². The topological polar surface area (TPSA) is 105 Å². The number of rotatable bonds is 6. The number of ether oxygens (including phenoxy) is 1. The number of benzene rings is 1. The number of anilines is 1. The molecule has 9 heteroatoms. The second-order valence-corrected chi connectivity index (χ2v) is 5.63. The van der Waals surface area contributed by atoms with Gasteiger partial charge in [-0.05, 0) is 32.4 Å². The van der Waals surface area contributed by atoms with E-state index in [1.165, 1.54) is 0 Å². The second-order valence-electron chi connectivity index (χ2n) is 5.63. The number of amides is 2. The quantitative estimate of drug-likeness (QED) is 0.688. The predicted molar refractivity (Wildman–Crippen MR) is 80.8 cm³/mol. The highest BCUT2D eigenvalue weighted by Crippen LogP contribution is 2.22. The van der Waals surface area contributed by atoms with Crippen LogP contribution in [-0.2, 0) is 9.53 Å². The lowest BCUT2D eigenvalue weighted by molar-refractivity contribution is -0.137. The molecule has 0 bridgehead atoms. The van der Waals surface area contributed by atoms with E-state index in [-0.39, 0.29) is 12.8 Å². The molecule has 0 radical (unpaired) electrons. The van der Waals surface area contributed by atoms with Crippen LogP contribution in [0.3, 0.4) is 0 Å². The molecule has 0 saturated carbocycles. The fourth-order valence-electron chi connectivity index (χ4n) is 1.88. The number of methoxy groups -OCH3 is 1. The van der Waals surface area contributed by atoms with Crippen molar-refractivity contribution in [3.63, 3.8) is 0 Å². The van der Waals surface area contributed by atoms with E-state index < -0.39 is 46.4 Å². The first-order valence-electron chi connectivity index (χ1n) is 6.94. The van der Waals surface area contributed by atoms with Gasteiger partial charge in [-0.2, -0.15) is 0 Å². The monoisotopic (exact) mass is 344 g/mol. The van der Waals surface area contributed by atoms with Crippen molar-refractivity contribution in [2.24, 2.45) is 0 Å². The van der Waals surface area contributed by atoms with Gasteiger partial charge in [0, 0.05) is 12.0 Å². The summed E-state index contributed by atoms with van der Waals surface area (Å²) in [7, 11) is 0.971. The molecule has 0 heterocycles. The molecule has 1 rings (SSSR count). The summed E-state index contributed by atoms with van der Waals surface area (Å²) in [4.78, 5) is 33.9. The number of nitrogens with one attached hydrogen (secondary N) is 2. The first-order chi connectivity index (χ1) is 11.1. The third kappa shape index (κ3) is 5.18. The van der Waals surface area contributed by atoms with E-state index >= 15 is 0 Å². The standard InChI is InChI=1S/C15H18F2N2O5/c1-15(2,7-6-10(20)21)19-14(23)18-9-5-4-8(16)11(12(9)17)13(22)24-3/h4-5H,6-7H2,1-3H3,(H,20,21)(H2,18,19,23). The number of halogens is 2. The highest BCUT2D eigenvalue weighted by Gasteiger charge is 2.25. The largest absolute Gasteiger partial charge is 0.481 e. The summed E-state index contributed by atoms with van der Waals surface area (Å²) in [5, 5.41) is 13.3. The minimum atomic E-state index is -1.26. The van der Waals surface area contributed by atoms with Gasteiger partial charge in [-0.3, -0.25) is 4.79 Å². The van der Waals surface area contributed by atoms with Gasteiger partial charge in [-0.25, -0.2) is 18.4 Å². The van der Waals surface area contributed by atoms with E-state index in [0.29, 0.717) is 0 Å². The van der Waals surface area contributed by atoms with Gasteiger partial charge in [0.15, 0.2) is 5.82 Å². The molecule has 0 aliphatic heterocycles. The molecule has 0 spiro atoms. The minimum absolute atomic E-state index is 0.148. The summed E-state index contributed by atoms with van der Waals surface area (Å²) < 4.78 is 32.0. The van der Waals surface area contributed by atoms with Crippen molar-refractivity contribution in [3.05, 3.63) is 29.3 Å². The SMILES string of the molecule is COC(=O)c1c(F)ccc(NC(=O)NC(C)(C)CCC(=O)O)c1F. The molecule has 2 amide bonds. The summed E-state index contributed by atoms with van der Waals surface area (Å²) >= 11 is 0. The number of carbonyl (C=O) groups is 3. The Hall–Kier alpha value is -2.71. The average molecular weight is 344 g/mol. The molecule has 7 nitrogen and oxygen atoms in total. The highest BCUT2D eigenvalue weighted by molar-refractivity contribution is 5.94. The molecule has 0 aromatic heterocycles. The van der Waals surface area contributed by atoms with Gasteiger partial charge in [0.1, 0.15) is 11.4 Å². The zero-order valence-corrected chi connectivity index (χ0v) is 13.4. The van der Waals surface area contributed by atoms with Gasteiger partial charge in [0.2, 0.25) is 0 Å². The number of aliphatic carboxylic acids is 1. The molecular formula is C15H18F2N2O5. The number of esters is 1. The Morgan fingerprint density at radius 1 is 1.25 bits per heavy atom. The van der Waals surface area contributed by atoms with E-state index in [1.54, 1.807) is 13.8 Å². The maximum absolute atomic E-state index is 14.2. The number of urea groups is 1. The zero-order valence-electron chi connectivity index (χ0n) is 13.4. The molecule has 0 fully saturated rings. The molecule has 0 aliphatic rings. The minimum Gasteiger partial charge on any atom is -0.481 e. The van der Waals surface area contributed by atoms with Gasteiger partial charge in [-0.1, -0.05) is 0 Å². The predicted octanol–water partition coefficient (Wildman–Crippen LogP) is 2.52. The molecule has 0 saturated heterocycles. The third-order valence-corrected chi connectivity index (χ3v) is 3.14. The van der Waals surface area contributed by atoms with Gasteiger partial charge in [-0.15, -0.1) is 0 Å². The van der Waals surface area contributed by atoms with Crippen LogP contribution in [0.15, 0.2) is 12.1 Å². The molecule has 0 aliphatic carbocycles. The third-order valence-electron chi connectivity index (χ3n) is 3.14. The maximum Gasteiger partial charge on any atom is 0.343 e. The van der Waals surface area contributed by atoms with E-state index in [1.807, 2.05) is 0 Å². The molecule has 132 valence electrons. The first kappa shape index (κ1) is 19.3. The number of hydrogen-bond acceptors (Lipinski definition) is 4. The Labute approximate surface area is 137 Å². The summed E-state index contributed by atoms with van der Waals surface area (Å²) in [5.74, 6) is -4.61. The normalized spacial score (nSPS) is 10.9. The molecule has 3 N–H and O–H groups in total. The van der Waals surface area contributed by atoms with E-state index in [9.17, 15) is 23.2 Å². The Bertz CT molecular complexity index is 662. The molecule has 24 heavy (non-hydrogen) atoms. The van der Waals surface area contributed by atoms with Gasteiger partial charge < -0.3 is 20.5 Å². The van der Waals surface area contributed by atoms with Crippen LogP contribution in [0.25, 0.3) is 0 Å². The summed E-state index contributed by atoms with van der Waals surface area (Å²) in [6.07, 6.45) is -0.0141. The van der Waals surface area contributed by atoms with Crippen LogP contribution in [0.4, 0.5) is 19.3 Å². The van der Waals surface area contributed by atoms with Crippen molar-refractivity contribution >= 4 is 23.7 Å². The smallest absolute Gasteiger partial charge is 0.343 e. The van der Waals surface area contributed by atoms with E-state index in [4.69, 9.17) is 5.11 Å². The van der Waals surface area contributed by atoms with Crippen LogP contribution in [0.2, 0.25) is 0 Å². The van der Waals surface area contributed by atoms with Crippen molar-refractivity contribution in [1.82, 2.24) is 5.32 Å². The van der Waals surface area contributed by atoms with Crippen LogP contribution >= 0.6 is 0 Å². The first-order valence-corrected chi connectivity index (χ1v) is 6.94. The molecule has 0 atom stereocenters. The number of carboxylic acid groups (broad SMARTS) is 1. The molecule has 0 unspecified atom stereocenters. The number of carboxylic acids is 1. The van der Waals surface area contributed by atoms with Gasteiger partial charge >= 0.3 is 18.0 Å². The van der Waals surface area contributed by atoms with Crippen LogP contribution in [-0.4, -0.2) is 35.7 Å². The number of carbonyl (C=O) groups excluding carboxylic acids is 2. The van der Waals surface area contributed by atoms with Crippen molar-refractivity contribution in [2.45, 2.75) is 32.2 Å². The summed E-state index contributed by atoms with van der Waals surface area (Å²) in [5.41, 5.74) is -2.20. The highest BCUT2D eigenvalue weighted by atomic mass is 19.1. The lowest BCUT2D eigenvalue weighted by Crippen LogP contribution is -2.46. The van der Waals surface area contributed by atoms with Gasteiger partial charge in [0.05, 0.1) is 12.8 Å². The molecule has 1 aromatic carbocycles. The molecular weight excluding hydrogens is 326 g/mol. The second kappa shape index (κ2) is 7.71. The van der Waals surface area contributed by atoms with Crippen LogP contribution in [0.5, 0.6) is 0 Å². The van der Waals surface area contributed by atoms with Gasteiger partial charge in [0.25, 0.3) is 0 Å².